The van der Waals surface area contributed by atoms with E-state index in [2.05, 4.69) is 4.98 Å². The maximum atomic E-state index is 11.6. The van der Waals surface area contributed by atoms with Gasteiger partial charge in [0.15, 0.2) is 0 Å². The predicted octanol–water partition coefficient (Wildman–Crippen LogP) is 2.05. The molecule has 1 aliphatic rings. The summed E-state index contributed by atoms with van der Waals surface area (Å²) in [5.41, 5.74) is 0. The lowest BCUT2D eigenvalue weighted by Gasteiger charge is -2.30. The second-order valence-electron chi connectivity index (χ2n) is 4.56. The van der Waals surface area contributed by atoms with Crippen LogP contribution in [0.2, 0.25) is 0 Å². The van der Waals surface area contributed by atoms with E-state index in [0.717, 1.165) is 30.9 Å². The SMILES string of the molecule is CCOC(=O)c1cnc(C2CCN(C(C)=O)CC2)s1. The first kappa shape index (κ1) is 14.0. The maximum Gasteiger partial charge on any atom is 0.349 e. The van der Waals surface area contributed by atoms with E-state index in [0.29, 0.717) is 17.4 Å². The summed E-state index contributed by atoms with van der Waals surface area (Å²) in [5, 5.41) is 0.978. The van der Waals surface area contributed by atoms with Crippen molar-refractivity contribution in [2.45, 2.75) is 32.6 Å². The van der Waals surface area contributed by atoms with Crippen LogP contribution < -0.4 is 0 Å². The van der Waals surface area contributed by atoms with E-state index in [4.69, 9.17) is 4.74 Å². The Morgan fingerprint density at radius 1 is 1.47 bits per heavy atom. The van der Waals surface area contributed by atoms with Gasteiger partial charge in [-0.3, -0.25) is 4.79 Å². The average Bonchev–Trinajstić information content (AvgIpc) is 2.89. The van der Waals surface area contributed by atoms with Gasteiger partial charge in [0.2, 0.25) is 5.91 Å². The van der Waals surface area contributed by atoms with Crippen LogP contribution in [0.3, 0.4) is 0 Å². The summed E-state index contributed by atoms with van der Waals surface area (Å²) in [6.07, 6.45) is 3.42. The van der Waals surface area contributed by atoms with Crippen LogP contribution in [0.4, 0.5) is 0 Å². The lowest BCUT2D eigenvalue weighted by atomic mass is 9.97. The summed E-state index contributed by atoms with van der Waals surface area (Å²) < 4.78 is 4.96. The van der Waals surface area contributed by atoms with Crippen molar-refractivity contribution in [1.29, 1.82) is 0 Å². The Kier molecular flexibility index (Phi) is 4.52. The zero-order valence-corrected chi connectivity index (χ0v) is 12.0. The highest BCUT2D eigenvalue weighted by Crippen LogP contribution is 2.31. The molecule has 1 saturated heterocycles. The minimum absolute atomic E-state index is 0.129. The average molecular weight is 282 g/mol. The van der Waals surface area contributed by atoms with Crippen molar-refractivity contribution in [2.24, 2.45) is 0 Å². The van der Waals surface area contributed by atoms with Crippen LogP contribution in [-0.4, -0.2) is 41.5 Å². The molecule has 0 saturated carbocycles. The molecule has 19 heavy (non-hydrogen) atoms. The largest absolute Gasteiger partial charge is 0.462 e. The van der Waals surface area contributed by atoms with E-state index in [1.165, 1.54) is 11.3 Å². The Morgan fingerprint density at radius 3 is 2.74 bits per heavy atom. The fourth-order valence-electron chi connectivity index (χ4n) is 2.21. The zero-order valence-electron chi connectivity index (χ0n) is 11.2. The molecule has 104 valence electrons. The quantitative estimate of drug-likeness (QED) is 0.796. The van der Waals surface area contributed by atoms with E-state index in [9.17, 15) is 9.59 Å². The lowest BCUT2D eigenvalue weighted by molar-refractivity contribution is -0.129. The van der Waals surface area contributed by atoms with E-state index in [1.807, 2.05) is 4.90 Å². The molecule has 0 aromatic carbocycles. The number of amides is 1. The molecule has 0 atom stereocenters. The van der Waals surface area contributed by atoms with Crippen molar-refractivity contribution < 1.29 is 14.3 Å². The fourth-order valence-corrected chi connectivity index (χ4v) is 3.20. The van der Waals surface area contributed by atoms with Gasteiger partial charge in [0.1, 0.15) is 4.88 Å². The number of thiazole rings is 1. The number of carbonyl (C=O) groups excluding carboxylic acids is 2. The van der Waals surface area contributed by atoms with E-state index >= 15 is 0 Å². The first-order valence-corrected chi connectivity index (χ1v) is 7.31. The molecular formula is C13H18N2O3S. The fraction of sp³-hybridized carbons (Fsp3) is 0.615. The Labute approximate surface area is 116 Å². The number of aromatic nitrogens is 1. The van der Waals surface area contributed by atoms with Crippen molar-refractivity contribution in [1.82, 2.24) is 9.88 Å². The molecule has 0 aliphatic carbocycles. The molecule has 1 fully saturated rings. The van der Waals surface area contributed by atoms with Gasteiger partial charge in [0, 0.05) is 25.9 Å². The van der Waals surface area contributed by atoms with Gasteiger partial charge >= 0.3 is 5.97 Å². The van der Waals surface area contributed by atoms with E-state index < -0.39 is 0 Å². The van der Waals surface area contributed by atoms with Gasteiger partial charge in [-0.15, -0.1) is 11.3 Å². The molecule has 0 N–H and O–H groups in total. The van der Waals surface area contributed by atoms with Crippen LogP contribution in [0.25, 0.3) is 0 Å². The number of hydrogen-bond acceptors (Lipinski definition) is 5. The van der Waals surface area contributed by atoms with Crippen LogP contribution in [0, 0.1) is 0 Å². The van der Waals surface area contributed by atoms with E-state index in [-0.39, 0.29) is 11.9 Å². The second-order valence-corrected chi connectivity index (χ2v) is 5.63. The number of piperidine rings is 1. The van der Waals surface area contributed by atoms with Gasteiger partial charge in [-0.05, 0) is 19.8 Å². The van der Waals surface area contributed by atoms with Gasteiger partial charge < -0.3 is 9.64 Å². The van der Waals surface area contributed by atoms with E-state index in [1.54, 1.807) is 20.0 Å². The Bertz CT molecular complexity index is 464. The number of esters is 1. The molecule has 0 bridgehead atoms. The first-order chi connectivity index (χ1) is 9.11. The number of hydrogen-bond donors (Lipinski definition) is 0. The summed E-state index contributed by atoms with van der Waals surface area (Å²) in [4.78, 5) is 29.6. The highest BCUT2D eigenvalue weighted by atomic mass is 32.1. The van der Waals surface area contributed by atoms with Crippen molar-refractivity contribution in [3.05, 3.63) is 16.1 Å². The molecule has 2 rings (SSSR count). The topological polar surface area (TPSA) is 59.5 Å². The molecule has 1 aromatic heterocycles. The molecule has 1 aliphatic heterocycles. The number of rotatable bonds is 3. The molecule has 1 aromatic rings. The van der Waals surface area contributed by atoms with Crippen LogP contribution >= 0.6 is 11.3 Å². The van der Waals surface area contributed by atoms with Crippen LogP contribution in [0.5, 0.6) is 0 Å². The lowest BCUT2D eigenvalue weighted by Crippen LogP contribution is -2.36. The first-order valence-electron chi connectivity index (χ1n) is 6.50. The molecule has 2 heterocycles. The smallest absolute Gasteiger partial charge is 0.349 e. The number of nitrogens with zero attached hydrogens (tertiary/aromatic N) is 2. The standard InChI is InChI=1S/C13H18N2O3S/c1-3-18-13(17)11-8-14-12(19-11)10-4-6-15(7-5-10)9(2)16/h8,10H,3-7H2,1-2H3. The third-order valence-corrected chi connectivity index (χ3v) is 4.43. The Hall–Kier alpha value is -1.43. The molecule has 1 amide bonds. The van der Waals surface area contributed by atoms with Gasteiger partial charge in [0.05, 0.1) is 17.8 Å². The highest BCUT2D eigenvalue weighted by molar-refractivity contribution is 7.13. The number of likely N-dealkylation sites (tertiary alicyclic amines) is 1. The van der Waals surface area contributed by atoms with Crippen molar-refractivity contribution in [2.75, 3.05) is 19.7 Å². The minimum atomic E-state index is -0.299. The molecule has 0 radical (unpaired) electrons. The van der Waals surface area contributed by atoms with Crippen LogP contribution in [0.1, 0.15) is 47.3 Å². The predicted molar refractivity (Wildman–Crippen MR) is 72.3 cm³/mol. The minimum Gasteiger partial charge on any atom is -0.462 e. The van der Waals surface area contributed by atoms with Crippen LogP contribution in [0.15, 0.2) is 6.20 Å². The van der Waals surface area contributed by atoms with Gasteiger partial charge in [0.25, 0.3) is 0 Å². The van der Waals surface area contributed by atoms with Gasteiger partial charge in [-0.2, -0.15) is 0 Å². The summed E-state index contributed by atoms with van der Waals surface area (Å²) in [5.74, 6) is 0.181. The molecule has 5 nitrogen and oxygen atoms in total. The number of carbonyl (C=O) groups is 2. The van der Waals surface area contributed by atoms with Crippen LogP contribution in [-0.2, 0) is 9.53 Å². The second kappa shape index (κ2) is 6.14. The normalized spacial score (nSPS) is 16.4. The summed E-state index contributed by atoms with van der Waals surface area (Å²) in [6, 6.07) is 0. The van der Waals surface area contributed by atoms with Crippen molar-refractivity contribution in [3.63, 3.8) is 0 Å². The third kappa shape index (κ3) is 3.32. The Morgan fingerprint density at radius 2 is 2.16 bits per heavy atom. The summed E-state index contributed by atoms with van der Waals surface area (Å²) in [7, 11) is 0. The monoisotopic (exact) mass is 282 g/mol. The number of ether oxygens (including phenoxy) is 1. The summed E-state index contributed by atoms with van der Waals surface area (Å²) in [6.45, 7) is 5.31. The zero-order chi connectivity index (χ0) is 13.8. The molecular weight excluding hydrogens is 264 g/mol. The third-order valence-electron chi connectivity index (χ3n) is 3.29. The maximum absolute atomic E-state index is 11.6. The molecule has 0 unspecified atom stereocenters. The van der Waals surface area contributed by atoms with Crippen molar-refractivity contribution >= 4 is 23.2 Å². The van der Waals surface area contributed by atoms with Crippen molar-refractivity contribution in [3.8, 4) is 0 Å². The Balaban J connectivity index is 1.97. The van der Waals surface area contributed by atoms with Gasteiger partial charge in [-0.25, -0.2) is 9.78 Å². The molecule has 6 heteroatoms. The van der Waals surface area contributed by atoms with Gasteiger partial charge in [-0.1, -0.05) is 0 Å². The summed E-state index contributed by atoms with van der Waals surface area (Å²) >= 11 is 1.41. The molecule has 0 spiro atoms. The highest BCUT2D eigenvalue weighted by Gasteiger charge is 2.25.